The van der Waals surface area contributed by atoms with Crippen LogP contribution < -0.4 is 26.0 Å². The van der Waals surface area contributed by atoms with Crippen molar-refractivity contribution >= 4 is 50.9 Å². The van der Waals surface area contributed by atoms with Crippen molar-refractivity contribution in [2.45, 2.75) is 13.8 Å². The number of aryl methyl sites for hydroxylation is 2. The maximum atomic E-state index is 6.96. The van der Waals surface area contributed by atoms with Crippen LogP contribution in [0.15, 0.2) is 121 Å². The zero-order valence-electron chi connectivity index (χ0n) is 22.0. The minimum Gasteiger partial charge on any atom is -0.458 e. The number of rotatable bonds is 2. The van der Waals surface area contributed by atoms with E-state index >= 15 is 0 Å². The second kappa shape index (κ2) is 8.37. The zero-order chi connectivity index (χ0) is 26.1. The average molecular weight is 499 g/mol. The monoisotopic (exact) mass is 499 g/mol. The van der Waals surface area contributed by atoms with E-state index in [0.717, 1.165) is 22.7 Å². The van der Waals surface area contributed by atoms with E-state index in [-0.39, 0.29) is 6.71 Å². The number of anilines is 3. The SMILES string of the molecule is Cc1cc(C)c2c(c1)Oc1c(-c3ccc4ccccc4c3)ccc3c1B2c1ccccc1N3c1ccccc1. The van der Waals surface area contributed by atoms with Gasteiger partial charge in [0.25, 0.3) is 6.71 Å². The molecule has 0 saturated heterocycles. The van der Waals surface area contributed by atoms with E-state index < -0.39 is 0 Å². The molecule has 0 aromatic heterocycles. The molecule has 0 amide bonds. The number of para-hydroxylation sites is 2. The molecule has 0 atom stereocenters. The molecule has 2 heterocycles. The molecule has 2 aliphatic heterocycles. The Hall–Kier alpha value is -4.76. The highest BCUT2D eigenvalue weighted by Gasteiger charge is 2.43. The average Bonchev–Trinajstić information content (AvgIpc) is 2.97. The van der Waals surface area contributed by atoms with Crippen molar-refractivity contribution in [2.75, 3.05) is 4.90 Å². The smallest absolute Gasteiger partial charge is 0.256 e. The summed E-state index contributed by atoms with van der Waals surface area (Å²) in [4.78, 5) is 2.40. The van der Waals surface area contributed by atoms with Gasteiger partial charge in [-0.3, -0.25) is 0 Å². The second-order valence-electron chi connectivity index (χ2n) is 10.7. The molecule has 6 aromatic rings. The normalized spacial score (nSPS) is 13.0. The number of benzene rings is 6. The predicted octanol–water partition coefficient (Wildman–Crippen LogP) is 7.53. The molecule has 184 valence electrons. The molecule has 0 spiro atoms. The summed E-state index contributed by atoms with van der Waals surface area (Å²) in [5.74, 6) is 1.92. The molecule has 8 rings (SSSR count). The van der Waals surface area contributed by atoms with E-state index in [2.05, 4.69) is 140 Å². The van der Waals surface area contributed by atoms with Crippen LogP contribution in [0.25, 0.3) is 21.9 Å². The molecule has 2 aliphatic rings. The Kier molecular flexibility index (Phi) is 4.78. The van der Waals surface area contributed by atoms with Crippen LogP contribution in [0.5, 0.6) is 11.5 Å². The lowest BCUT2D eigenvalue weighted by atomic mass is 9.33. The summed E-state index contributed by atoms with van der Waals surface area (Å²) >= 11 is 0. The number of hydrogen-bond acceptors (Lipinski definition) is 2. The van der Waals surface area contributed by atoms with E-state index in [1.165, 1.54) is 55.2 Å². The first-order valence-electron chi connectivity index (χ1n) is 13.6. The van der Waals surface area contributed by atoms with Crippen LogP contribution in [0.1, 0.15) is 11.1 Å². The van der Waals surface area contributed by atoms with Gasteiger partial charge in [0.15, 0.2) is 0 Å². The first kappa shape index (κ1) is 22.2. The maximum absolute atomic E-state index is 6.96. The standard InChI is InChI=1S/C36H26BNO/c1-23-20-24(2)34-33(21-23)39-36-29(27-17-16-25-10-6-7-11-26(25)22-27)18-19-32-35(36)37(34)30-14-8-9-15-31(30)38(32)28-12-4-3-5-13-28/h3-22H,1-2H3. The topological polar surface area (TPSA) is 12.5 Å². The highest BCUT2D eigenvalue weighted by Crippen LogP contribution is 2.44. The van der Waals surface area contributed by atoms with Gasteiger partial charge < -0.3 is 9.64 Å². The predicted molar refractivity (Wildman–Crippen MR) is 165 cm³/mol. The van der Waals surface area contributed by atoms with Gasteiger partial charge in [0, 0.05) is 22.6 Å². The highest BCUT2D eigenvalue weighted by atomic mass is 16.5. The molecule has 6 aromatic carbocycles. The lowest BCUT2D eigenvalue weighted by molar-refractivity contribution is 0.488. The Morgan fingerprint density at radius 2 is 1.38 bits per heavy atom. The van der Waals surface area contributed by atoms with Crippen molar-refractivity contribution in [1.29, 1.82) is 0 Å². The van der Waals surface area contributed by atoms with E-state index in [4.69, 9.17) is 4.74 Å². The Balaban J connectivity index is 1.46. The van der Waals surface area contributed by atoms with Crippen molar-refractivity contribution < 1.29 is 4.74 Å². The van der Waals surface area contributed by atoms with Gasteiger partial charge in [-0.05, 0) is 94.6 Å². The molecule has 3 heteroatoms. The van der Waals surface area contributed by atoms with Gasteiger partial charge in [-0.25, -0.2) is 0 Å². The fraction of sp³-hybridized carbons (Fsp3) is 0.0556. The molecule has 0 saturated carbocycles. The van der Waals surface area contributed by atoms with Crippen LogP contribution in [-0.4, -0.2) is 6.71 Å². The third kappa shape index (κ3) is 3.30. The lowest BCUT2D eigenvalue weighted by Crippen LogP contribution is -2.60. The third-order valence-electron chi connectivity index (χ3n) is 8.26. The maximum Gasteiger partial charge on any atom is 0.256 e. The minimum absolute atomic E-state index is 0.0934. The van der Waals surface area contributed by atoms with Gasteiger partial charge in [-0.15, -0.1) is 0 Å². The molecule has 39 heavy (non-hydrogen) atoms. The molecular weight excluding hydrogens is 473 g/mol. The number of fused-ring (bicyclic) bond motifs is 5. The van der Waals surface area contributed by atoms with E-state index in [0.29, 0.717) is 0 Å². The summed E-state index contributed by atoms with van der Waals surface area (Å²) in [6.07, 6.45) is 0. The molecule has 0 fully saturated rings. The van der Waals surface area contributed by atoms with Crippen molar-refractivity contribution in [3.8, 4) is 22.6 Å². The first-order valence-corrected chi connectivity index (χ1v) is 13.6. The van der Waals surface area contributed by atoms with Gasteiger partial charge in [0.05, 0.1) is 0 Å². The van der Waals surface area contributed by atoms with Crippen molar-refractivity contribution in [3.05, 3.63) is 132 Å². The summed E-state index contributed by atoms with van der Waals surface area (Å²) in [6.45, 7) is 4.47. The van der Waals surface area contributed by atoms with E-state index in [1.54, 1.807) is 0 Å². The van der Waals surface area contributed by atoms with Crippen molar-refractivity contribution in [2.24, 2.45) is 0 Å². The van der Waals surface area contributed by atoms with E-state index in [9.17, 15) is 0 Å². The Bertz CT molecular complexity index is 1930. The van der Waals surface area contributed by atoms with Crippen LogP contribution in [0.2, 0.25) is 0 Å². The molecular formula is C36H26BNO. The fourth-order valence-electron chi connectivity index (χ4n) is 6.64. The van der Waals surface area contributed by atoms with Gasteiger partial charge >= 0.3 is 0 Å². The van der Waals surface area contributed by atoms with Gasteiger partial charge in [-0.2, -0.15) is 0 Å². The number of ether oxygens (including phenoxy) is 1. The number of hydrogen-bond donors (Lipinski definition) is 0. The largest absolute Gasteiger partial charge is 0.458 e. The summed E-state index contributed by atoms with van der Waals surface area (Å²) < 4.78 is 6.96. The highest BCUT2D eigenvalue weighted by molar-refractivity contribution is 6.99. The second-order valence-corrected chi connectivity index (χ2v) is 10.7. The molecule has 0 unspecified atom stereocenters. The molecule has 0 aliphatic carbocycles. The zero-order valence-corrected chi connectivity index (χ0v) is 22.0. The summed E-state index contributed by atoms with van der Waals surface area (Å²) in [6, 6.07) is 43.8. The van der Waals surface area contributed by atoms with Gasteiger partial charge in [-0.1, -0.05) is 84.4 Å². The Morgan fingerprint density at radius 1 is 0.615 bits per heavy atom. The third-order valence-corrected chi connectivity index (χ3v) is 8.26. The molecule has 0 radical (unpaired) electrons. The van der Waals surface area contributed by atoms with Crippen LogP contribution >= 0.6 is 0 Å². The first-order chi connectivity index (χ1) is 19.2. The summed E-state index contributed by atoms with van der Waals surface area (Å²) in [5, 5.41) is 2.48. The van der Waals surface area contributed by atoms with Crippen LogP contribution in [0.4, 0.5) is 17.1 Å². The van der Waals surface area contributed by atoms with Gasteiger partial charge in [0.1, 0.15) is 11.5 Å². The quantitative estimate of drug-likeness (QED) is 0.228. The minimum atomic E-state index is 0.0934. The van der Waals surface area contributed by atoms with Crippen molar-refractivity contribution in [3.63, 3.8) is 0 Å². The summed E-state index contributed by atoms with van der Waals surface area (Å²) in [7, 11) is 0. The van der Waals surface area contributed by atoms with E-state index in [1.807, 2.05) is 0 Å². The Morgan fingerprint density at radius 3 is 2.26 bits per heavy atom. The molecule has 2 nitrogen and oxygen atoms in total. The van der Waals surface area contributed by atoms with Crippen LogP contribution in [-0.2, 0) is 0 Å². The lowest BCUT2D eigenvalue weighted by Gasteiger charge is -2.41. The van der Waals surface area contributed by atoms with Crippen molar-refractivity contribution in [1.82, 2.24) is 0 Å². The fourth-order valence-corrected chi connectivity index (χ4v) is 6.64. The van der Waals surface area contributed by atoms with Gasteiger partial charge in [0.2, 0.25) is 0 Å². The molecule has 0 bridgehead atoms. The number of nitrogens with zero attached hydrogens (tertiary/aromatic N) is 1. The Labute approximate surface area is 229 Å². The molecule has 0 N–H and O–H groups in total. The van der Waals surface area contributed by atoms with Crippen LogP contribution in [0.3, 0.4) is 0 Å². The summed E-state index contributed by atoms with van der Waals surface area (Å²) in [5.41, 5.74) is 12.1. The van der Waals surface area contributed by atoms with Crippen LogP contribution in [0, 0.1) is 13.8 Å².